The van der Waals surface area contributed by atoms with Crippen LogP contribution >= 0.6 is 24.0 Å². The lowest BCUT2D eigenvalue weighted by atomic mass is 9.95. The van der Waals surface area contributed by atoms with Crippen LogP contribution in [0.5, 0.6) is 0 Å². The average molecular weight is 517 g/mol. The standard InChI is InChI=1S/C22H32FN3O2.HI/c1-24-21(25-16-22(10-11-22)19-6-2-3-7-20(19)23)26-12-8-17(9-13-26)28-15-18-5-4-14-27-18;/h2-3,6-7,17-18H,4-5,8-16H2,1H3,(H,24,25);1H. The summed E-state index contributed by atoms with van der Waals surface area (Å²) in [6.45, 7) is 4.20. The Morgan fingerprint density at radius 1 is 1.28 bits per heavy atom. The van der Waals surface area contributed by atoms with Crippen LogP contribution in [0.1, 0.15) is 44.1 Å². The highest BCUT2D eigenvalue weighted by molar-refractivity contribution is 14.0. The van der Waals surface area contributed by atoms with E-state index in [2.05, 4.69) is 15.2 Å². The number of likely N-dealkylation sites (tertiary alicyclic amines) is 1. The zero-order valence-corrected chi connectivity index (χ0v) is 19.6. The molecule has 0 radical (unpaired) electrons. The molecule has 3 fully saturated rings. The molecule has 7 heteroatoms. The van der Waals surface area contributed by atoms with Gasteiger partial charge in [0.2, 0.25) is 0 Å². The normalized spacial score (nSPS) is 24.3. The molecule has 1 unspecified atom stereocenters. The van der Waals surface area contributed by atoms with Crippen LogP contribution < -0.4 is 5.32 Å². The van der Waals surface area contributed by atoms with E-state index in [0.717, 1.165) is 82.9 Å². The first-order valence-electron chi connectivity index (χ1n) is 10.6. The van der Waals surface area contributed by atoms with E-state index in [-0.39, 0.29) is 35.2 Å². The molecule has 29 heavy (non-hydrogen) atoms. The number of rotatable bonds is 6. The summed E-state index contributed by atoms with van der Waals surface area (Å²) in [7, 11) is 1.82. The molecule has 1 atom stereocenters. The van der Waals surface area contributed by atoms with E-state index in [9.17, 15) is 4.39 Å². The maximum absolute atomic E-state index is 14.2. The number of nitrogens with one attached hydrogen (secondary N) is 1. The van der Waals surface area contributed by atoms with Gasteiger partial charge in [-0.3, -0.25) is 4.99 Å². The molecule has 162 valence electrons. The first-order valence-corrected chi connectivity index (χ1v) is 10.6. The third kappa shape index (κ3) is 5.61. The number of guanidine groups is 1. The molecule has 1 aromatic carbocycles. The van der Waals surface area contributed by atoms with Crippen molar-refractivity contribution in [3.05, 3.63) is 35.6 Å². The van der Waals surface area contributed by atoms with Crippen molar-refractivity contribution in [2.24, 2.45) is 4.99 Å². The van der Waals surface area contributed by atoms with Crippen molar-refractivity contribution >= 4 is 29.9 Å². The van der Waals surface area contributed by atoms with E-state index < -0.39 is 0 Å². The average Bonchev–Trinajstić information content (AvgIpc) is 3.32. The second kappa shape index (κ2) is 10.4. The molecule has 0 amide bonds. The minimum Gasteiger partial charge on any atom is -0.376 e. The summed E-state index contributed by atoms with van der Waals surface area (Å²) in [5, 5.41) is 3.51. The van der Waals surface area contributed by atoms with E-state index in [4.69, 9.17) is 9.47 Å². The first-order chi connectivity index (χ1) is 13.7. The molecule has 3 aliphatic rings. The number of ether oxygens (including phenoxy) is 2. The van der Waals surface area contributed by atoms with E-state index in [1.807, 2.05) is 19.2 Å². The van der Waals surface area contributed by atoms with Gasteiger partial charge < -0.3 is 19.7 Å². The van der Waals surface area contributed by atoms with Gasteiger partial charge >= 0.3 is 0 Å². The number of aliphatic imine (C=N–C) groups is 1. The number of piperidine rings is 1. The van der Waals surface area contributed by atoms with Gasteiger partial charge in [-0.15, -0.1) is 24.0 Å². The predicted octanol–water partition coefficient (Wildman–Crippen LogP) is 3.71. The predicted molar refractivity (Wildman–Crippen MR) is 124 cm³/mol. The summed E-state index contributed by atoms with van der Waals surface area (Å²) in [5.74, 6) is 0.821. The molecule has 4 rings (SSSR count). The van der Waals surface area contributed by atoms with E-state index in [0.29, 0.717) is 12.2 Å². The van der Waals surface area contributed by atoms with Crippen molar-refractivity contribution < 1.29 is 13.9 Å². The lowest BCUT2D eigenvalue weighted by Gasteiger charge is -2.35. The molecular formula is C22H33FIN3O2. The van der Waals surface area contributed by atoms with Crippen LogP contribution in [0.3, 0.4) is 0 Å². The van der Waals surface area contributed by atoms with Crippen LogP contribution in [0.2, 0.25) is 0 Å². The Bertz CT molecular complexity index is 684. The van der Waals surface area contributed by atoms with Gasteiger partial charge in [0.25, 0.3) is 0 Å². The van der Waals surface area contributed by atoms with Gasteiger partial charge in [-0.1, -0.05) is 18.2 Å². The van der Waals surface area contributed by atoms with Gasteiger partial charge in [0, 0.05) is 38.7 Å². The van der Waals surface area contributed by atoms with Crippen molar-refractivity contribution in [2.75, 3.05) is 39.9 Å². The Morgan fingerprint density at radius 2 is 2.03 bits per heavy atom. The van der Waals surface area contributed by atoms with Crippen LogP contribution in [-0.2, 0) is 14.9 Å². The minimum absolute atomic E-state index is 0. The third-order valence-corrected chi connectivity index (χ3v) is 6.38. The van der Waals surface area contributed by atoms with E-state index in [1.54, 1.807) is 12.1 Å². The van der Waals surface area contributed by atoms with Crippen molar-refractivity contribution in [3.8, 4) is 0 Å². The monoisotopic (exact) mass is 517 g/mol. The summed E-state index contributed by atoms with van der Waals surface area (Å²) in [6.07, 6.45) is 6.95. The molecule has 1 aromatic rings. The largest absolute Gasteiger partial charge is 0.376 e. The highest BCUT2D eigenvalue weighted by Gasteiger charge is 2.46. The lowest BCUT2D eigenvalue weighted by molar-refractivity contribution is -0.0367. The Labute approximate surface area is 190 Å². The fourth-order valence-corrected chi connectivity index (χ4v) is 4.42. The Kier molecular flexibility index (Phi) is 8.15. The van der Waals surface area contributed by atoms with Crippen molar-refractivity contribution in [3.63, 3.8) is 0 Å². The number of hydrogen-bond donors (Lipinski definition) is 1. The molecule has 0 spiro atoms. The molecule has 1 saturated carbocycles. The van der Waals surface area contributed by atoms with Gasteiger partial charge in [-0.25, -0.2) is 4.39 Å². The molecule has 2 aliphatic heterocycles. The fraction of sp³-hybridized carbons (Fsp3) is 0.682. The van der Waals surface area contributed by atoms with Crippen LogP contribution in [0.4, 0.5) is 4.39 Å². The fourth-order valence-electron chi connectivity index (χ4n) is 4.42. The second-order valence-electron chi connectivity index (χ2n) is 8.32. The van der Waals surface area contributed by atoms with Crippen LogP contribution in [0, 0.1) is 5.82 Å². The Balaban J connectivity index is 0.00000240. The van der Waals surface area contributed by atoms with E-state index >= 15 is 0 Å². The number of halogens is 2. The first kappa shape index (κ1) is 22.7. The van der Waals surface area contributed by atoms with Crippen LogP contribution in [0.15, 0.2) is 29.3 Å². The number of hydrogen-bond acceptors (Lipinski definition) is 3. The maximum atomic E-state index is 14.2. The van der Waals surface area contributed by atoms with Gasteiger partial charge in [0.05, 0.1) is 18.8 Å². The van der Waals surface area contributed by atoms with Crippen molar-refractivity contribution in [1.82, 2.24) is 10.2 Å². The third-order valence-electron chi connectivity index (χ3n) is 6.38. The molecule has 0 aromatic heterocycles. The zero-order valence-electron chi connectivity index (χ0n) is 17.2. The molecule has 2 saturated heterocycles. The zero-order chi connectivity index (χ0) is 19.4. The SMILES string of the molecule is CN=C(NCC1(c2ccccc2F)CC1)N1CCC(OCC2CCCO2)CC1.I. The van der Waals surface area contributed by atoms with Gasteiger partial charge in [0.1, 0.15) is 5.82 Å². The molecule has 5 nitrogen and oxygen atoms in total. The smallest absolute Gasteiger partial charge is 0.193 e. The molecule has 1 N–H and O–H groups in total. The van der Waals surface area contributed by atoms with Crippen molar-refractivity contribution in [1.29, 1.82) is 0 Å². The number of benzene rings is 1. The van der Waals surface area contributed by atoms with Gasteiger partial charge in [-0.2, -0.15) is 0 Å². The second-order valence-corrected chi connectivity index (χ2v) is 8.32. The van der Waals surface area contributed by atoms with Crippen molar-refractivity contribution in [2.45, 2.75) is 56.1 Å². The van der Waals surface area contributed by atoms with E-state index in [1.165, 1.54) is 0 Å². The molecule has 0 bridgehead atoms. The maximum Gasteiger partial charge on any atom is 0.193 e. The minimum atomic E-state index is -0.0963. The van der Waals surface area contributed by atoms with Gasteiger partial charge in [-0.05, 0) is 50.2 Å². The molecular weight excluding hydrogens is 484 g/mol. The Hall–Kier alpha value is -0.930. The molecule has 2 heterocycles. The Morgan fingerprint density at radius 3 is 2.66 bits per heavy atom. The highest BCUT2D eigenvalue weighted by Crippen LogP contribution is 2.48. The summed E-state index contributed by atoms with van der Waals surface area (Å²) in [4.78, 5) is 6.76. The topological polar surface area (TPSA) is 46.1 Å². The summed E-state index contributed by atoms with van der Waals surface area (Å²) in [6, 6.07) is 7.16. The van der Waals surface area contributed by atoms with Crippen LogP contribution in [-0.4, -0.2) is 63.0 Å². The van der Waals surface area contributed by atoms with Gasteiger partial charge in [0.15, 0.2) is 5.96 Å². The summed E-state index contributed by atoms with van der Waals surface area (Å²) >= 11 is 0. The summed E-state index contributed by atoms with van der Waals surface area (Å²) in [5.41, 5.74) is 0.753. The molecule has 1 aliphatic carbocycles. The number of nitrogens with zero attached hydrogens (tertiary/aromatic N) is 2. The highest BCUT2D eigenvalue weighted by atomic mass is 127. The lowest BCUT2D eigenvalue weighted by Crippen LogP contribution is -2.48. The summed E-state index contributed by atoms with van der Waals surface area (Å²) < 4.78 is 25.9. The van der Waals surface area contributed by atoms with Crippen LogP contribution in [0.25, 0.3) is 0 Å². The quantitative estimate of drug-likeness (QED) is 0.355.